The summed E-state index contributed by atoms with van der Waals surface area (Å²) in [5, 5.41) is 0. The summed E-state index contributed by atoms with van der Waals surface area (Å²) < 4.78 is 22.3. The van der Waals surface area contributed by atoms with Gasteiger partial charge in [-0.2, -0.15) is 0 Å². The van der Waals surface area contributed by atoms with Crippen LogP contribution in [0.3, 0.4) is 0 Å². The van der Waals surface area contributed by atoms with E-state index in [1.165, 1.54) is 0 Å². The lowest BCUT2D eigenvalue weighted by atomic mass is 10.9. The third-order valence-electron chi connectivity index (χ3n) is 0.215. The molecule has 0 saturated heterocycles. The van der Waals surface area contributed by atoms with Gasteiger partial charge >= 0.3 is 13.9 Å². The van der Waals surface area contributed by atoms with E-state index in [1.54, 1.807) is 0 Å². The average molecular weight is 138 g/mol. The minimum absolute atomic E-state index is 0.802. The molecule has 0 bridgehead atoms. The molecule has 0 aromatic heterocycles. The van der Waals surface area contributed by atoms with Crippen molar-refractivity contribution in [3.8, 4) is 0 Å². The molecule has 0 atom stereocenters. The van der Waals surface area contributed by atoms with E-state index in [9.17, 15) is 13.9 Å². The van der Waals surface area contributed by atoms with Gasteiger partial charge in [0.25, 0.3) is 0 Å². The van der Waals surface area contributed by atoms with Gasteiger partial charge in [-0.1, -0.05) is 4.67 Å². The van der Waals surface area contributed by atoms with Crippen LogP contribution in [0.2, 0.25) is 0 Å². The second-order valence-corrected chi connectivity index (χ2v) is 1.47. The molecule has 0 aromatic rings. The third-order valence-corrected chi connectivity index (χ3v) is 0.412. The van der Waals surface area contributed by atoms with Crippen molar-refractivity contribution in [3.63, 3.8) is 0 Å². The van der Waals surface area contributed by atoms with E-state index in [2.05, 4.69) is 9.56 Å². The van der Waals surface area contributed by atoms with E-state index in [-0.39, 0.29) is 0 Å². The highest BCUT2D eigenvalue weighted by atomic mass is 31.1. The summed E-state index contributed by atoms with van der Waals surface area (Å²) in [6.45, 7) is 1.03. The zero-order valence-electron chi connectivity index (χ0n) is 3.99. The number of rotatable bonds is 2. The van der Waals surface area contributed by atoms with Gasteiger partial charge in [0.2, 0.25) is 0 Å². The van der Waals surface area contributed by atoms with Crippen LogP contribution in [0.15, 0.2) is 0 Å². The Morgan fingerprint density at radius 2 is 2.00 bits per heavy atom. The van der Waals surface area contributed by atoms with E-state index in [0.717, 1.165) is 6.92 Å². The van der Waals surface area contributed by atoms with Crippen molar-refractivity contribution < 1.29 is 23.5 Å². The maximum Gasteiger partial charge on any atom is 0.505 e. The molecule has 0 aromatic carbocycles. The first-order valence-electron chi connectivity index (χ1n) is 1.62. The molecule has 0 aliphatic heterocycles. The van der Waals surface area contributed by atoms with Crippen molar-refractivity contribution in [1.29, 1.82) is 0 Å². The van der Waals surface area contributed by atoms with E-state index in [4.69, 9.17) is 0 Å². The number of hydrogen-bond donors (Lipinski definition) is 0. The summed E-state index contributed by atoms with van der Waals surface area (Å²) >= 11 is 0. The molecular weight excluding hydrogens is 135 g/mol. The molecular formula is C2H3O5P. The first-order valence-corrected chi connectivity index (χ1v) is 2.72. The summed E-state index contributed by atoms with van der Waals surface area (Å²) in [6.07, 6.45) is 0. The lowest BCUT2D eigenvalue weighted by Gasteiger charge is -1.85. The summed E-state index contributed by atoms with van der Waals surface area (Å²) in [4.78, 5) is 13.3. The minimum atomic E-state index is -3.08. The van der Waals surface area contributed by atoms with Crippen molar-refractivity contribution >= 4 is 13.9 Å². The quantitative estimate of drug-likeness (QED) is 0.317. The normalized spacial score (nSPS) is 8.12. The van der Waals surface area contributed by atoms with Crippen molar-refractivity contribution in [2.75, 3.05) is 0 Å². The highest BCUT2D eigenvalue weighted by Crippen LogP contribution is 2.04. The van der Waals surface area contributed by atoms with Crippen LogP contribution < -0.4 is 0 Å². The predicted octanol–water partition coefficient (Wildman–Crippen LogP) is 0.569. The molecule has 0 heterocycles. The Balaban J connectivity index is 3.32. The van der Waals surface area contributed by atoms with Crippen molar-refractivity contribution in [1.82, 2.24) is 0 Å². The van der Waals surface area contributed by atoms with Gasteiger partial charge in [-0.3, -0.25) is 4.89 Å². The summed E-state index contributed by atoms with van der Waals surface area (Å²) in [6, 6.07) is 0. The van der Waals surface area contributed by atoms with Gasteiger partial charge in [0, 0.05) is 6.92 Å². The fourth-order valence-electron chi connectivity index (χ4n) is 0.0829. The Morgan fingerprint density at radius 1 is 1.50 bits per heavy atom. The van der Waals surface area contributed by atoms with Crippen molar-refractivity contribution in [2.45, 2.75) is 6.92 Å². The van der Waals surface area contributed by atoms with Gasteiger partial charge < -0.3 is 0 Å². The maximum absolute atomic E-state index is 9.73. The Labute approximate surface area is 45.4 Å². The van der Waals surface area contributed by atoms with Crippen molar-refractivity contribution in [2.24, 2.45) is 0 Å². The number of carbonyl (C=O) groups excluding carboxylic acids is 1. The Bertz CT molecular complexity index is 139. The smallest absolute Gasteiger partial charge is 0.284 e. The second kappa shape index (κ2) is 3.35. The molecule has 8 heavy (non-hydrogen) atoms. The highest BCUT2D eigenvalue weighted by Gasteiger charge is 1.94. The van der Waals surface area contributed by atoms with Gasteiger partial charge in [-0.25, -0.2) is 13.9 Å². The maximum atomic E-state index is 9.73. The molecule has 0 unspecified atom stereocenters. The monoisotopic (exact) mass is 138 g/mol. The Morgan fingerprint density at radius 3 is 2.12 bits per heavy atom. The number of carbonyl (C=O) groups is 1. The molecule has 0 spiro atoms. The van der Waals surface area contributed by atoms with Gasteiger partial charge in [0.1, 0.15) is 0 Å². The first-order chi connectivity index (χ1) is 3.63. The fraction of sp³-hybridized carbons (Fsp3) is 0.500. The van der Waals surface area contributed by atoms with E-state index >= 15 is 0 Å². The van der Waals surface area contributed by atoms with Gasteiger partial charge in [-0.05, 0) is 0 Å². The number of hydrogen-bond acceptors (Lipinski definition) is 5. The van der Waals surface area contributed by atoms with E-state index < -0.39 is 13.9 Å². The van der Waals surface area contributed by atoms with Crippen LogP contribution in [0.5, 0.6) is 0 Å². The summed E-state index contributed by atoms with van der Waals surface area (Å²) in [5.74, 6) is -0.802. The largest absolute Gasteiger partial charge is 0.505 e. The molecule has 46 valence electrons. The Kier molecular flexibility index (Phi) is 3.07. The predicted molar refractivity (Wildman–Crippen MR) is 21.1 cm³/mol. The topological polar surface area (TPSA) is 69.7 Å². The fourth-order valence-corrected chi connectivity index (χ4v) is 0.249. The standard InChI is InChI=1S/C2H3O5P/c1-2(3)6-7-8(4)5/h1H3. The summed E-state index contributed by atoms with van der Waals surface area (Å²) in [5.41, 5.74) is 0. The molecule has 6 heteroatoms. The summed E-state index contributed by atoms with van der Waals surface area (Å²) in [7, 11) is -3.08. The minimum Gasteiger partial charge on any atom is -0.284 e. The van der Waals surface area contributed by atoms with Gasteiger partial charge in [-0.15, -0.1) is 0 Å². The van der Waals surface area contributed by atoms with Crippen LogP contribution in [0.4, 0.5) is 0 Å². The molecule has 0 saturated carbocycles. The zero-order chi connectivity index (χ0) is 6.57. The van der Waals surface area contributed by atoms with Crippen LogP contribution in [0, 0.1) is 0 Å². The molecule has 5 nitrogen and oxygen atoms in total. The van der Waals surface area contributed by atoms with E-state index in [1.807, 2.05) is 0 Å². The van der Waals surface area contributed by atoms with Crippen LogP contribution in [-0.4, -0.2) is 5.97 Å². The zero-order valence-corrected chi connectivity index (χ0v) is 4.88. The van der Waals surface area contributed by atoms with Gasteiger partial charge in [0.15, 0.2) is 0 Å². The third kappa shape index (κ3) is 5.33. The lowest BCUT2D eigenvalue weighted by Crippen LogP contribution is -1.92. The molecule has 0 aliphatic rings. The highest BCUT2D eigenvalue weighted by molar-refractivity contribution is 7.24. The molecule has 0 amide bonds. The van der Waals surface area contributed by atoms with Crippen LogP contribution in [0.1, 0.15) is 6.92 Å². The van der Waals surface area contributed by atoms with E-state index in [0.29, 0.717) is 0 Å². The van der Waals surface area contributed by atoms with Crippen LogP contribution in [0.25, 0.3) is 0 Å². The first kappa shape index (κ1) is 7.33. The Hall–Kier alpha value is -0.670. The molecule has 0 fully saturated rings. The van der Waals surface area contributed by atoms with Crippen LogP contribution >= 0.6 is 7.91 Å². The van der Waals surface area contributed by atoms with Gasteiger partial charge in [0.05, 0.1) is 0 Å². The molecule has 0 radical (unpaired) electrons. The molecule has 0 aliphatic carbocycles. The van der Waals surface area contributed by atoms with Crippen LogP contribution in [-0.2, 0) is 23.5 Å². The molecule has 0 rings (SSSR count). The molecule has 0 N–H and O–H groups in total. The SMILES string of the molecule is CC(=O)OOP(=O)=O. The second-order valence-electron chi connectivity index (χ2n) is 0.873. The van der Waals surface area contributed by atoms with Crippen molar-refractivity contribution in [3.05, 3.63) is 0 Å². The lowest BCUT2D eigenvalue weighted by molar-refractivity contribution is -0.209. The average Bonchev–Trinajstić information content (AvgIpc) is 1.61.